The number of phenolic OH excluding ortho intramolecular Hbond substituents is 2. The minimum atomic E-state index is -0.278. The summed E-state index contributed by atoms with van der Waals surface area (Å²) in [5.41, 5.74) is 4.41. The van der Waals surface area contributed by atoms with Crippen LogP contribution in [-0.4, -0.2) is 54.4 Å². The van der Waals surface area contributed by atoms with Gasteiger partial charge in [-0.3, -0.25) is 9.98 Å². The molecule has 0 saturated carbocycles. The van der Waals surface area contributed by atoms with Crippen molar-refractivity contribution >= 4 is 23.3 Å². The average molecular weight is 570 g/mol. The number of hydrogen-bond acceptors (Lipinski definition) is 6. The first-order valence-corrected chi connectivity index (χ1v) is 14.2. The number of aromatic amines is 1. The molecule has 1 atom stereocenters. The molecule has 0 aliphatic heterocycles. The first kappa shape index (κ1) is 30.7. The van der Waals surface area contributed by atoms with Gasteiger partial charge in [0.15, 0.2) is 0 Å². The van der Waals surface area contributed by atoms with Gasteiger partial charge in [0.2, 0.25) is 0 Å². The summed E-state index contributed by atoms with van der Waals surface area (Å²) in [7, 11) is 3.23. The van der Waals surface area contributed by atoms with Crippen LogP contribution in [-0.2, 0) is 17.3 Å². The minimum Gasteiger partial charge on any atom is -0.507 e. The van der Waals surface area contributed by atoms with Crippen molar-refractivity contribution in [2.45, 2.75) is 64.8 Å². The molecule has 222 valence electrons. The molecule has 0 aliphatic carbocycles. The predicted molar refractivity (Wildman–Crippen MR) is 173 cm³/mol. The third-order valence-corrected chi connectivity index (χ3v) is 7.41. The lowest BCUT2D eigenvalue weighted by Gasteiger charge is -2.22. The summed E-state index contributed by atoms with van der Waals surface area (Å²) in [5.74, 6) is 1.71. The van der Waals surface area contributed by atoms with Crippen molar-refractivity contribution in [3.05, 3.63) is 82.5 Å². The Balaban J connectivity index is 1.70. The molecule has 1 aromatic heterocycles. The fraction of sp³-hybridized carbons (Fsp3) is 0.371. The van der Waals surface area contributed by atoms with Gasteiger partial charge in [0.1, 0.15) is 23.0 Å². The summed E-state index contributed by atoms with van der Waals surface area (Å²) in [6.07, 6.45) is 6.04. The molecule has 3 N–H and O–H groups in total. The SMILES string of the molecule is COc1cc(C=NC[C@H](Cc2c[nH]c3ccccc23)N=Cc2cc(OC)cc(C(C)(C)C)c2O)c(O)c(C(C)(C)C)c1. The highest BCUT2D eigenvalue weighted by atomic mass is 16.5. The first-order valence-electron chi connectivity index (χ1n) is 14.2. The number of aromatic nitrogens is 1. The monoisotopic (exact) mass is 569 g/mol. The van der Waals surface area contributed by atoms with Gasteiger partial charge in [0, 0.05) is 51.8 Å². The second-order valence-electron chi connectivity index (χ2n) is 12.7. The number of ether oxygens (including phenoxy) is 2. The van der Waals surface area contributed by atoms with Gasteiger partial charge in [-0.05, 0) is 53.1 Å². The first-order chi connectivity index (χ1) is 19.8. The molecule has 0 spiro atoms. The van der Waals surface area contributed by atoms with Gasteiger partial charge < -0.3 is 24.7 Å². The van der Waals surface area contributed by atoms with E-state index in [1.54, 1.807) is 38.8 Å². The lowest BCUT2D eigenvalue weighted by atomic mass is 9.85. The van der Waals surface area contributed by atoms with Crippen LogP contribution in [0.2, 0.25) is 0 Å². The number of methoxy groups -OCH3 is 2. The normalized spacial score (nSPS) is 13.3. The van der Waals surface area contributed by atoms with Crippen LogP contribution in [0.3, 0.4) is 0 Å². The Morgan fingerprint density at radius 1 is 0.810 bits per heavy atom. The number of aliphatic imine (C=N–C) groups is 2. The number of hydrogen-bond donors (Lipinski definition) is 3. The highest BCUT2D eigenvalue weighted by Crippen LogP contribution is 2.37. The number of phenols is 2. The van der Waals surface area contributed by atoms with E-state index < -0.39 is 0 Å². The van der Waals surface area contributed by atoms with Gasteiger partial charge in [-0.15, -0.1) is 0 Å². The molecule has 0 radical (unpaired) electrons. The van der Waals surface area contributed by atoms with E-state index in [9.17, 15) is 10.2 Å². The van der Waals surface area contributed by atoms with Crippen LogP contribution >= 0.6 is 0 Å². The van der Waals surface area contributed by atoms with Crippen LogP contribution in [0.5, 0.6) is 23.0 Å². The van der Waals surface area contributed by atoms with E-state index in [1.165, 1.54) is 0 Å². The van der Waals surface area contributed by atoms with E-state index in [2.05, 4.69) is 37.9 Å². The van der Waals surface area contributed by atoms with Crippen LogP contribution in [0.15, 0.2) is 64.7 Å². The average Bonchev–Trinajstić information content (AvgIpc) is 3.34. The number of benzene rings is 3. The fourth-order valence-corrected chi connectivity index (χ4v) is 5.01. The molecule has 0 amide bonds. The molecule has 0 bridgehead atoms. The number of aromatic hydroxyl groups is 2. The van der Waals surface area contributed by atoms with Crippen molar-refractivity contribution < 1.29 is 19.7 Å². The lowest BCUT2D eigenvalue weighted by Crippen LogP contribution is -2.15. The van der Waals surface area contributed by atoms with Crippen molar-refractivity contribution in [2.75, 3.05) is 20.8 Å². The second kappa shape index (κ2) is 12.3. The summed E-state index contributed by atoms with van der Waals surface area (Å²) in [4.78, 5) is 13.0. The summed E-state index contributed by atoms with van der Waals surface area (Å²) >= 11 is 0. The Morgan fingerprint density at radius 2 is 1.36 bits per heavy atom. The standard InChI is InChI=1S/C35H43N3O4/c1-34(2,3)29-16-26(41-7)14-23(32(29)39)18-36-21-25(13-22-19-38-31-12-10-9-11-28(22)31)37-20-24-15-27(42-8)17-30(33(24)40)35(4,5)6/h9-12,14-20,25,38-40H,13,21H2,1-8H3/t25-/m0/s1. The molecule has 42 heavy (non-hydrogen) atoms. The quantitative estimate of drug-likeness (QED) is 0.184. The van der Waals surface area contributed by atoms with E-state index in [-0.39, 0.29) is 28.4 Å². The predicted octanol–water partition coefficient (Wildman–Crippen LogP) is 7.34. The van der Waals surface area contributed by atoms with E-state index in [0.29, 0.717) is 35.6 Å². The number of H-pyrrole nitrogens is 1. The molecule has 0 unspecified atom stereocenters. The van der Waals surface area contributed by atoms with E-state index in [4.69, 9.17) is 19.5 Å². The largest absolute Gasteiger partial charge is 0.507 e. The van der Waals surface area contributed by atoms with Crippen molar-refractivity contribution in [1.82, 2.24) is 4.98 Å². The van der Waals surface area contributed by atoms with Crippen molar-refractivity contribution in [1.29, 1.82) is 0 Å². The number of rotatable bonds is 9. The van der Waals surface area contributed by atoms with Crippen LogP contribution < -0.4 is 9.47 Å². The molecule has 1 heterocycles. The Hall–Kier alpha value is -4.26. The van der Waals surface area contributed by atoms with Gasteiger partial charge in [-0.25, -0.2) is 0 Å². The summed E-state index contributed by atoms with van der Waals surface area (Å²) in [5, 5.41) is 23.3. The summed E-state index contributed by atoms with van der Waals surface area (Å²) in [6.45, 7) is 12.7. The Bertz CT molecular complexity index is 1600. The van der Waals surface area contributed by atoms with Crippen LogP contribution in [0, 0.1) is 0 Å². The fourth-order valence-electron chi connectivity index (χ4n) is 5.01. The molecule has 4 aromatic rings. The molecule has 0 aliphatic rings. The minimum absolute atomic E-state index is 0.192. The van der Waals surface area contributed by atoms with E-state index in [1.807, 2.05) is 51.2 Å². The van der Waals surface area contributed by atoms with Gasteiger partial charge in [-0.1, -0.05) is 59.7 Å². The van der Waals surface area contributed by atoms with Gasteiger partial charge in [0.25, 0.3) is 0 Å². The molecule has 3 aromatic carbocycles. The second-order valence-corrected chi connectivity index (χ2v) is 12.7. The van der Waals surface area contributed by atoms with Crippen molar-refractivity contribution in [3.8, 4) is 23.0 Å². The lowest BCUT2D eigenvalue weighted by molar-refractivity contribution is 0.405. The number of fused-ring (bicyclic) bond motifs is 1. The Kier molecular flexibility index (Phi) is 9.00. The van der Waals surface area contributed by atoms with Crippen molar-refractivity contribution in [2.24, 2.45) is 9.98 Å². The summed E-state index contributed by atoms with van der Waals surface area (Å²) in [6, 6.07) is 15.3. The number of para-hydroxylation sites is 1. The van der Waals surface area contributed by atoms with Crippen LogP contribution in [0.25, 0.3) is 10.9 Å². The zero-order chi connectivity index (χ0) is 30.7. The molecular weight excluding hydrogens is 526 g/mol. The molecular formula is C35H43N3O4. The number of nitrogens with zero attached hydrogens (tertiary/aromatic N) is 2. The van der Waals surface area contributed by atoms with Crippen molar-refractivity contribution in [3.63, 3.8) is 0 Å². The number of nitrogens with one attached hydrogen (secondary N) is 1. The summed E-state index contributed by atoms with van der Waals surface area (Å²) < 4.78 is 11.0. The smallest absolute Gasteiger partial charge is 0.128 e. The van der Waals surface area contributed by atoms with Crippen LogP contribution in [0.4, 0.5) is 0 Å². The zero-order valence-corrected chi connectivity index (χ0v) is 25.9. The molecule has 4 rings (SSSR count). The van der Waals surface area contributed by atoms with E-state index >= 15 is 0 Å². The van der Waals surface area contributed by atoms with Gasteiger partial charge in [0.05, 0.1) is 26.8 Å². The Labute approximate surface area is 249 Å². The third kappa shape index (κ3) is 6.96. The molecule has 0 fully saturated rings. The third-order valence-electron chi connectivity index (χ3n) is 7.41. The zero-order valence-electron chi connectivity index (χ0n) is 25.9. The highest BCUT2D eigenvalue weighted by Gasteiger charge is 2.23. The van der Waals surface area contributed by atoms with Gasteiger partial charge in [-0.2, -0.15) is 0 Å². The van der Waals surface area contributed by atoms with Crippen LogP contribution in [0.1, 0.15) is 69.4 Å². The maximum absolute atomic E-state index is 11.1. The molecule has 7 heteroatoms. The van der Waals surface area contributed by atoms with E-state index in [0.717, 1.165) is 27.6 Å². The Morgan fingerprint density at radius 3 is 1.90 bits per heavy atom. The maximum atomic E-state index is 11.1. The molecule has 7 nitrogen and oxygen atoms in total. The molecule has 0 saturated heterocycles. The highest BCUT2D eigenvalue weighted by molar-refractivity contribution is 5.87. The van der Waals surface area contributed by atoms with Gasteiger partial charge >= 0.3 is 0 Å². The maximum Gasteiger partial charge on any atom is 0.128 e. The topological polar surface area (TPSA) is 99.4 Å².